The van der Waals surface area contributed by atoms with Crippen LogP contribution in [0.1, 0.15) is 40.5 Å². The summed E-state index contributed by atoms with van der Waals surface area (Å²) in [5.74, 6) is 0. The maximum absolute atomic E-state index is 4.57. The molecule has 0 spiro atoms. The van der Waals surface area contributed by atoms with E-state index in [-0.39, 0.29) is 0 Å². The van der Waals surface area contributed by atoms with Gasteiger partial charge in [0.1, 0.15) is 0 Å². The van der Waals surface area contributed by atoms with E-state index < -0.39 is 0 Å². The molecular weight excluding hydrogens is 210 g/mol. The van der Waals surface area contributed by atoms with E-state index in [2.05, 4.69) is 35.2 Å². The van der Waals surface area contributed by atoms with E-state index >= 15 is 0 Å². The van der Waals surface area contributed by atoms with Gasteiger partial charge in [0.2, 0.25) is 0 Å². The summed E-state index contributed by atoms with van der Waals surface area (Å²) >= 11 is 0. The summed E-state index contributed by atoms with van der Waals surface area (Å²) < 4.78 is 0. The van der Waals surface area contributed by atoms with Crippen LogP contribution in [-0.2, 0) is 0 Å². The van der Waals surface area contributed by atoms with Crippen molar-refractivity contribution in [2.75, 3.05) is 0 Å². The third kappa shape index (κ3) is 4.55. The van der Waals surface area contributed by atoms with Crippen LogP contribution in [0, 0.1) is 0 Å². The van der Waals surface area contributed by atoms with Gasteiger partial charge in [-0.2, -0.15) is 0 Å². The molecule has 0 radical (unpaired) electrons. The van der Waals surface area contributed by atoms with Crippen LogP contribution in [0.4, 0.5) is 0 Å². The Bertz CT molecular complexity index is 340. The minimum atomic E-state index is 0.434. The van der Waals surface area contributed by atoms with Gasteiger partial charge in [0, 0.05) is 23.8 Å². The average Bonchev–Trinajstić information content (AvgIpc) is 2.66. The molecule has 2 rings (SSSR count). The Balaban J connectivity index is 0.000000209. The number of nitrogens with zero attached hydrogens (tertiary/aromatic N) is 2. The van der Waals surface area contributed by atoms with Gasteiger partial charge in [0.05, 0.1) is 12.1 Å². The Morgan fingerprint density at radius 1 is 1.41 bits per heavy atom. The number of aliphatic imine (C=N–C) groups is 2. The van der Waals surface area contributed by atoms with Gasteiger partial charge in [0.25, 0.3) is 0 Å². The monoisotopic (exact) mass is 233 g/mol. The first-order valence-corrected chi connectivity index (χ1v) is 6.24. The maximum atomic E-state index is 4.57. The van der Waals surface area contributed by atoms with Crippen molar-refractivity contribution in [2.45, 2.75) is 52.6 Å². The Labute approximate surface area is 104 Å². The van der Waals surface area contributed by atoms with E-state index in [4.69, 9.17) is 0 Å². The summed E-state index contributed by atoms with van der Waals surface area (Å²) in [7, 11) is 0. The molecule has 0 saturated heterocycles. The normalized spacial score (nSPS) is 27.1. The van der Waals surface area contributed by atoms with E-state index in [1.54, 1.807) is 12.4 Å². The fourth-order valence-corrected chi connectivity index (χ4v) is 2.02. The zero-order valence-electron chi connectivity index (χ0n) is 11.3. The van der Waals surface area contributed by atoms with Crippen molar-refractivity contribution in [1.29, 1.82) is 0 Å². The van der Waals surface area contributed by atoms with Crippen LogP contribution in [0.15, 0.2) is 34.0 Å². The van der Waals surface area contributed by atoms with Crippen molar-refractivity contribution in [1.82, 2.24) is 5.32 Å². The molecule has 0 fully saturated rings. The van der Waals surface area contributed by atoms with Crippen molar-refractivity contribution in [3.8, 4) is 0 Å². The molecule has 0 aliphatic carbocycles. The molecule has 1 N–H and O–H groups in total. The molecule has 0 aromatic heterocycles. The second-order valence-electron chi connectivity index (χ2n) is 4.38. The van der Waals surface area contributed by atoms with Crippen LogP contribution in [0.3, 0.4) is 0 Å². The lowest BCUT2D eigenvalue weighted by Crippen LogP contribution is -2.34. The van der Waals surface area contributed by atoms with E-state index in [0.717, 1.165) is 6.42 Å². The van der Waals surface area contributed by atoms with Crippen molar-refractivity contribution in [3.63, 3.8) is 0 Å². The summed E-state index contributed by atoms with van der Waals surface area (Å²) in [4.78, 5) is 8.36. The van der Waals surface area contributed by atoms with E-state index in [1.165, 1.54) is 17.8 Å². The van der Waals surface area contributed by atoms with Gasteiger partial charge in [-0.3, -0.25) is 9.98 Å². The predicted octanol–water partition coefficient (Wildman–Crippen LogP) is 3.10. The number of hydrogen-bond acceptors (Lipinski definition) is 3. The Kier molecular flexibility index (Phi) is 5.67. The minimum absolute atomic E-state index is 0.434. The number of allylic oxidation sites excluding steroid dienone is 2. The molecule has 2 heterocycles. The molecule has 2 unspecified atom stereocenters. The van der Waals surface area contributed by atoms with Gasteiger partial charge in [-0.15, -0.1) is 0 Å². The minimum Gasteiger partial charge on any atom is -0.384 e. The lowest BCUT2D eigenvalue weighted by atomic mass is 10.00. The predicted molar refractivity (Wildman–Crippen MR) is 75.8 cm³/mol. The number of rotatable bonds is 1. The second-order valence-corrected chi connectivity index (χ2v) is 4.38. The van der Waals surface area contributed by atoms with E-state index in [0.29, 0.717) is 12.1 Å². The molecule has 3 nitrogen and oxygen atoms in total. The molecule has 0 saturated carbocycles. The number of nitrogens with one attached hydrogen (secondary N) is 1. The zero-order valence-corrected chi connectivity index (χ0v) is 11.3. The van der Waals surface area contributed by atoms with Gasteiger partial charge in [-0.1, -0.05) is 6.08 Å². The summed E-state index contributed by atoms with van der Waals surface area (Å²) in [6.07, 6.45) is 10.0. The van der Waals surface area contributed by atoms with Crippen molar-refractivity contribution in [3.05, 3.63) is 24.0 Å². The molecule has 3 heteroatoms. The molecule has 0 amide bonds. The molecule has 94 valence electrons. The van der Waals surface area contributed by atoms with Crippen molar-refractivity contribution >= 4 is 11.9 Å². The highest BCUT2D eigenvalue weighted by atomic mass is 15.0. The lowest BCUT2D eigenvalue weighted by Gasteiger charge is -2.22. The van der Waals surface area contributed by atoms with Crippen LogP contribution in [0.25, 0.3) is 0 Å². The Hall–Kier alpha value is -1.38. The highest BCUT2D eigenvalue weighted by Crippen LogP contribution is 2.21. The van der Waals surface area contributed by atoms with Gasteiger partial charge in [0.15, 0.2) is 0 Å². The highest BCUT2D eigenvalue weighted by Gasteiger charge is 2.27. The second kappa shape index (κ2) is 7.05. The molecule has 2 atom stereocenters. The topological polar surface area (TPSA) is 36.8 Å². The first-order chi connectivity index (χ1) is 8.17. The van der Waals surface area contributed by atoms with E-state index in [1.807, 2.05) is 19.9 Å². The molecule has 0 bridgehead atoms. The summed E-state index contributed by atoms with van der Waals surface area (Å²) in [5.41, 5.74) is 2.59. The lowest BCUT2D eigenvalue weighted by molar-refractivity contribution is 0.508. The van der Waals surface area contributed by atoms with Gasteiger partial charge >= 0.3 is 0 Å². The fourth-order valence-electron chi connectivity index (χ4n) is 2.02. The van der Waals surface area contributed by atoms with Crippen LogP contribution in [0.2, 0.25) is 0 Å². The molecule has 2 aliphatic rings. The first-order valence-electron chi connectivity index (χ1n) is 6.24. The number of hydrogen-bond donors (Lipinski definition) is 1. The molecule has 17 heavy (non-hydrogen) atoms. The van der Waals surface area contributed by atoms with Crippen LogP contribution < -0.4 is 5.32 Å². The van der Waals surface area contributed by atoms with Crippen LogP contribution in [-0.4, -0.2) is 24.0 Å². The largest absolute Gasteiger partial charge is 0.384 e. The van der Waals surface area contributed by atoms with Gasteiger partial charge in [-0.25, -0.2) is 0 Å². The third-order valence-corrected chi connectivity index (χ3v) is 2.82. The number of fused-ring (bicyclic) bond motifs is 1. The first kappa shape index (κ1) is 13.7. The summed E-state index contributed by atoms with van der Waals surface area (Å²) in [5, 5.41) is 3.43. The summed E-state index contributed by atoms with van der Waals surface area (Å²) in [6.45, 7) is 8.06. The van der Waals surface area contributed by atoms with E-state index in [9.17, 15) is 0 Å². The fraction of sp³-hybridized carbons (Fsp3) is 0.571. The Morgan fingerprint density at radius 2 is 2.18 bits per heavy atom. The van der Waals surface area contributed by atoms with Gasteiger partial charge in [-0.05, 0) is 46.6 Å². The quantitative estimate of drug-likeness (QED) is 0.694. The van der Waals surface area contributed by atoms with Crippen molar-refractivity contribution in [2.24, 2.45) is 9.98 Å². The van der Waals surface area contributed by atoms with Gasteiger partial charge < -0.3 is 5.32 Å². The molecule has 0 aromatic rings. The molecule has 2 aliphatic heterocycles. The average molecular weight is 233 g/mol. The van der Waals surface area contributed by atoms with Crippen LogP contribution in [0.5, 0.6) is 0 Å². The zero-order chi connectivity index (χ0) is 12.7. The Morgan fingerprint density at radius 3 is 2.76 bits per heavy atom. The standard InChI is InChI=1S/C9H14N2.C5H9N/c1-6-3-4-8-9(10-6)5-7(2)11-8;1-3-5-6-4-2/h5,8-9,11H,3-4H2,1-2H3;3-5H,1-2H3/b;5-3-,6-4?. The smallest absolute Gasteiger partial charge is 0.0899 e. The van der Waals surface area contributed by atoms with Crippen molar-refractivity contribution < 1.29 is 0 Å². The maximum Gasteiger partial charge on any atom is 0.0899 e. The third-order valence-electron chi connectivity index (χ3n) is 2.82. The summed E-state index contributed by atoms with van der Waals surface area (Å²) in [6, 6.07) is 1.03. The molecule has 0 aromatic carbocycles. The highest BCUT2D eigenvalue weighted by molar-refractivity contribution is 5.83. The van der Waals surface area contributed by atoms with Crippen LogP contribution >= 0.6 is 0 Å². The SMILES string of the molecule is CC1=CC2N=C(C)CCC2N1.CC=N/C=C\C. The molecular formula is C14H23N3.